The Hall–Kier alpha value is -2.63. The Balaban J connectivity index is 2.03. The number of esters is 1. The van der Waals surface area contributed by atoms with Crippen LogP contribution in [-0.4, -0.2) is 34.9 Å². The Bertz CT molecular complexity index is 765. The molecule has 0 aliphatic heterocycles. The molecule has 0 aliphatic rings. The second-order valence-electron chi connectivity index (χ2n) is 7.15. The highest BCUT2D eigenvalue weighted by Crippen LogP contribution is 2.16. The molecule has 0 unspecified atom stereocenters. The Kier molecular flexibility index (Phi) is 8.23. The van der Waals surface area contributed by atoms with E-state index in [0.29, 0.717) is 11.5 Å². The predicted molar refractivity (Wildman–Crippen MR) is 107 cm³/mol. The number of amides is 1. The van der Waals surface area contributed by atoms with Crippen LogP contribution in [0.1, 0.15) is 78.8 Å². The summed E-state index contributed by atoms with van der Waals surface area (Å²) >= 11 is 0. The van der Waals surface area contributed by atoms with Crippen LogP contribution in [0.25, 0.3) is 0 Å². The van der Waals surface area contributed by atoms with Crippen molar-refractivity contribution in [1.29, 1.82) is 0 Å². The van der Waals surface area contributed by atoms with Gasteiger partial charge in [0.2, 0.25) is 5.89 Å². The summed E-state index contributed by atoms with van der Waals surface area (Å²) in [7, 11) is 1.29. The van der Waals surface area contributed by atoms with Gasteiger partial charge in [-0.15, -0.1) is 0 Å². The highest BCUT2D eigenvalue weighted by atomic mass is 16.5. The molecule has 1 amide bonds. The average molecular weight is 386 g/mol. The van der Waals surface area contributed by atoms with Gasteiger partial charge in [0.15, 0.2) is 5.69 Å². The lowest BCUT2D eigenvalue weighted by molar-refractivity contribution is 0.0593. The van der Waals surface area contributed by atoms with E-state index in [1.165, 1.54) is 44.6 Å². The number of aromatic nitrogens is 1. The topological polar surface area (TPSA) is 72.6 Å². The minimum atomic E-state index is -0.563. The number of nitrogens with zero attached hydrogens (tertiary/aromatic N) is 2. The fourth-order valence-corrected chi connectivity index (χ4v) is 2.95. The minimum absolute atomic E-state index is 0.0466. The molecule has 0 aliphatic carbocycles. The van der Waals surface area contributed by atoms with E-state index < -0.39 is 5.97 Å². The van der Waals surface area contributed by atoms with E-state index in [0.717, 1.165) is 6.42 Å². The third-order valence-electron chi connectivity index (χ3n) is 4.66. The summed E-state index contributed by atoms with van der Waals surface area (Å²) in [5.41, 5.74) is 1.98. The number of aryl methyl sites for hydroxylation is 1. The van der Waals surface area contributed by atoms with Crippen LogP contribution in [0.5, 0.6) is 0 Å². The van der Waals surface area contributed by atoms with Crippen LogP contribution in [0.3, 0.4) is 0 Å². The molecule has 0 saturated heterocycles. The Labute approximate surface area is 166 Å². The summed E-state index contributed by atoms with van der Waals surface area (Å²) in [6, 6.07) is 7.76. The smallest absolute Gasteiger partial charge is 0.360 e. The van der Waals surface area contributed by atoms with Crippen LogP contribution >= 0.6 is 0 Å². The molecule has 0 N–H and O–H groups in total. The molecule has 1 aromatic heterocycles. The standard InChI is InChI=1S/C22H30N2O4/c1-5-6-7-8-9-17-10-12-18(13-11-17)21(25)24(16(2)3)14-20-23-19(15-28-20)22(26)27-4/h10-13,15-16H,5-9,14H2,1-4H3. The summed E-state index contributed by atoms with van der Waals surface area (Å²) in [5.74, 6) is -0.354. The van der Waals surface area contributed by atoms with E-state index in [1.807, 2.05) is 38.1 Å². The van der Waals surface area contributed by atoms with E-state index in [2.05, 4.69) is 16.6 Å². The average Bonchev–Trinajstić information content (AvgIpc) is 3.17. The highest BCUT2D eigenvalue weighted by molar-refractivity contribution is 5.94. The lowest BCUT2D eigenvalue weighted by Gasteiger charge is -2.25. The number of ether oxygens (including phenoxy) is 1. The maximum absolute atomic E-state index is 13.0. The summed E-state index contributed by atoms with van der Waals surface area (Å²) in [5, 5.41) is 0. The number of carbonyl (C=O) groups excluding carboxylic acids is 2. The zero-order chi connectivity index (χ0) is 20.5. The van der Waals surface area contributed by atoms with Crippen molar-refractivity contribution in [3.8, 4) is 0 Å². The first-order chi connectivity index (χ1) is 13.5. The summed E-state index contributed by atoms with van der Waals surface area (Å²) in [4.78, 5) is 30.3. The van der Waals surface area contributed by atoms with Crippen LogP contribution in [0.15, 0.2) is 34.9 Å². The third kappa shape index (κ3) is 5.94. The van der Waals surface area contributed by atoms with Gasteiger partial charge in [-0.25, -0.2) is 9.78 Å². The van der Waals surface area contributed by atoms with Crippen LogP contribution in [0, 0.1) is 0 Å². The zero-order valence-corrected chi connectivity index (χ0v) is 17.2. The number of unbranched alkanes of at least 4 members (excludes halogenated alkanes) is 3. The SMILES string of the molecule is CCCCCCc1ccc(C(=O)N(Cc2nc(C(=O)OC)co2)C(C)C)cc1. The molecule has 152 valence electrons. The maximum Gasteiger partial charge on any atom is 0.360 e. The summed E-state index contributed by atoms with van der Waals surface area (Å²) < 4.78 is 9.96. The van der Waals surface area contributed by atoms with Gasteiger partial charge in [-0.1, -0.05) is 38.3 Å². The van der Waals surface area contributed by atoms with Gasteiger partial charge < -0.3 is 14.1 Å². The van der Waals surface area contributed by atoms with E-state index in [9.17, 15) is 9.59 Å². The zero-order valence-electron chi connectivity index (χ0n) is 17.2. The Morgan fingerprint density at radius 2 is 1.86 bits per heavy atom. The number of rotatable bonds is 10. The van der Waals surface area contributed by atoms with E-state index in [4.69, 9.17) is 4.42 Å². The molecule has 28 heavy (non-hydrogen) atoms. The molecule has 0 spiro atoms. The van der Waals surface area contributed by atoms with Crippen molar-refractivity contribution in [1.82, 2.24) is 9.88 Å². The van der Waals surface area contributed by atoms with Crippen LogP contribution in [0.2, 0.25) is 0 Å². The van der Waals surface area contributed by atoms with Gasteiger partial charge in [0.1, 0.15) is 6.26 Å². The molecule has 0 radical (unpaired) electrons. The molecular weight excluding hydrogens is 356 g/mol. The number of hydrogen-bond donors (Lipinski definition) is 0. The number of methoxy groups -OCH3 is 1. The van der Waals surface area contributed by atoms with Crippen molar-refractivity contribution in [2.45, 2.75) is 65.5 Å². The van der Waals surface area contributed by atoms with Crippen molar-refractivity contribution in [3.63, 3.8) is 0 Å². The quantitative estimate of drug-likeness (QED) is 0.439. The number of carbonyl (C=O) groups is 2. The molecule has 0 saturated carbocycles. The molecule has 6 heteroatoms. The number of hydrogen-bond acceptors (Lipinski definition) is 5. The lowest BCUT2D eigenvalue weighted by atomic mass is 10.0. The molecule has 1 aromatic carbocycles. The van der Waals surface area contributed by atoms with Gasteiger partial charge in [0.05, 0.1) is 13.7 Å². The van der Waals surface area contributed by atoms with E-state index in [1.54, 1.807) is 4.90 Å². The van der Waals surface area contributed by atoms with E-state index in [-0.39, 0.29) is 24.2 Å². The van der Waals surface area contributed by atoms with Crippen LogP contribution in [0.4, 0.5) is 0 Å². The van der Waals surface area contributed by atoms with E-state index >= 15 is 0 Å². The molecule has 0 atom stereocenters. The molecule has 2 aromatic rings. The second kappa shape index (κ2) is 10.6. The summed E-state index contributed by atoms with van der Waals surface area (Å²) in [6.45, 7) is 6.26. The van der Waals surface area contributed by atoms with Gasteiger partial charge >= 0.3 is 5.97 Å². The number of oxazole rings is 1. The first-order valence-electron chi connectivity index (χ1n) is 9.88. The van der Waals surface area contributed by atoms with Gasteiger partial charge in [-0.3, -0.25) is 4.79 Å². The van der Waals surface area contributed by atoms with Crippen LogP contribution in [-0.2, 0) is 17.7 Å². The number of benzene rings is 1. The highest BCUT2D eigenvalue weighted by Gasteiger charge is 2.22. The first kappa shape index (κ1) is 21.7. The van der Waals surface area contributed by atoms with Crippen LogP contribution < -0.4 is 0 Å². The van der Waals surface area contributed by atoms with Crippen molar-refractivity contribution in [2.75, 3.05) is 7.11 Å². The van der Waals surface area contributed by atoms with Crippen molar-refractivity contribution >= 4 is 11.9 Å². The molecule has 0 fully saturated rings. The fourth-order valence-electron chi connectivity index (χ4n) is 2.95. The predicted octanol–water partition coefficient (Wildman–Crippen LogP) is 4.63. The van der Waals surface area contributed by atoms with Crippen molar-refractivity contribution in [2.24, 2.45) is 0 Å². The second-order valence-corrected chi connectivity index (χ2v) is 7.15. The molecule has 0 bridgehead atoms. The first-order valence-corrected chi connectivity index (χ1v) is 9.88. The minimum Gasteiger partial charge on any atom is -0.464 e. The summed E-state index contributed by atoms with van der Waals surface area (Å²) in [6.07, 6.45) is 7.18. The van der Waals surface area contributed by atoms with Gasteiger partial charge in [0.25, 0.3) is 5.91 Å². The van der Waals surface area contributed by atoms with Gasteiger partial charge in [-0.2, -0.15) is 0 Å². The Morgan fingerprint density at radius 1 is 1.14 bits per heavy atom. The third-order valence-corrected chi connectivity index (χ3v) is 4.66. The van der Waals surface area contributed by atoms with Crippen molar-refractivity contribution in [3.05, 3.63) is 53.2 Å². The molecule has 1 heterocycles. The maximum atomic E-state index is 13.0. The van der Waals surface area contributed by atoms with Gasteiger partial charge in [-0.05, 0) is 44.4 Å². The Morgan fingerprint density at radius 3 is 2.46 bits per heavy atom. The monoisotopic (exact) mass is 386 g/mol. The molecule has 6 nitrogen and oxygen atoms in total. The fraction of sp³-hybridized carbons (Fsp3) is 0.500. The lowest BCUT2D eigenvalue weighted by Crippen LogP contribution is -2.36. The molecular formula is C22H30N2O4. The van der Waals surface area contributed by atoms with Gasteiger partial charge in [0, 0.05) is 11.6 Å². The van der Waals surface area contributed by atoms with Crippen molar-refractivity contribution < 1.29 is 18.7 Å². The largest absolute Gasteiger partial charge is 0.464 e. The molecule has 2 rings (SSSR count). The normalized spacial score (nSPS) is 10.9.